The smallest absolute Gasteiger partial charge is 0.224 e. The molecule has 1 N–H and O–H groups in total. The summed E-state index contributed by atoms with van der Waals surface area (Å²) >= 11 is 0. The van der Waals surface area contributed by atoms with Crippen molar-refractivity contribution in [2.24, 2.45) is 0 Å². The number of piperazine rings is 1. The molecule has 0 bridgehead atoms. The van der Waals surface area contributed by atoms with Crippen LogP contribution in [0.1, 0.15) is 29.3 Å². The highest BCUT2D eigenvalue weighted by molar-refractivity contribution is 5.94. The molecule has 0 saturated carbocycles. The molecule has 1 aliphatic rings. The number of ketones is 1. The summed E-state index contributed by atoms with van der Waals surface area (Å²) in [5.74, 6) is 0.244. The van der Waals surface area contributed by atoms with E-state index in [4.69, 9.17) is 0 Å². The van der Waals surface area contributed by atoms with Gasteiger partial charge in [0.15, 0.2) is 5.78 Å². The zero-order valence-electron chi connectivity index (χ0n) is 16.1. The van der Waals surface area contributed by atoms with Crippen LogP contribution >= 0.6 is 0 Å². The summed E-state index contributed by atoms with van der Waals surface area (Å²) in [5, 5.41) is 3.25. The second-order valence-corrected chi connectivity index (χ2v) is 7.02. The normalized spacial score (nSPS) is 14.1. The van der Waals surface area contributed by atoms with Crippen molar-refractivity contribution in [3.8, 4) is 0 Å². The van der Waals surface area contributed by atoms with E-state index in [0.29, 0.717) is 18.5 Å². The second-order valence-electron chi connectivity index (χ2n) is 7.02. The third-order valence-corrected chi connectivity index (χ3v) is 4.96. The molecule has 2 aromatic carbocycles. The maximum absolute atomic E-state index is 12.5. The average molecular weight is 365 g/mol. The molecule has 1 fully saturated rings. The Bertz CT molecular complexity index is 793. The number of Topliss-reactive ketones (excluding diaryl/α,β-unsaturated/α-hetero) is 1. The van der Waals surface area contributed by atoms with Crippen LogP contribution in [0.3, 0.4) is 0 Å². The first-order valence-corrected chi connectivity index (χ1v) is 9.47. The number of rotatable bonds is 6. The average Bonchev–Trinajstić information content (AvgIpc) is 2.68. The second kappa shape index (κ2) is 8.71. The van der Waals surface area contributed by atoms with E-state index in [1.165, 1.54) is 11.3 Å². The van der Waals surface area contributed by atoms with Crippen LogP contribution in [0.2, 0.25) is 0 Å². The fourth-order valence-electron chi connectivity index (χ4n) is 3.33. The van der Waals surface area contributed by atoms with Crippen molar-refractivity contribution in [3.05, 3.63) is 59.7 Å². The highest BCUT2D eigenvalue weighted by Crippen LogP contribution is 2.18. The highest BCUT2D eigenvalue weighted by atomic mass is 16.2. The van der Waals surface area contributed by atoms with Crippen molar-refractivity contribution in [1.82, 2.24) is 4.90 Å². The summed E-state index contributed by atoms with van der Waals surface area (Å²) in [6.07, 6.45) is 0.471. The van der Waals surface area contributed by atoms with Gasteiger partial charge in [-0.05, 0) is 55.8 Å². The van der Waals surface area contributed by atoms with Crippen molar-refractivity contribution < 1.29 is 9.59 Å². The van der Waals surface area contributed by atoms with Crippen LogP contribution in [-0.2, 0) is 4.79 Å². The topological polar surface area (TPSA) is 52.7 Å². The summed E-state index contributed by atoms with van der Waals surface area (Å²) in [6.45, 7) is 7.52. The molecule has 0 unspecified atom stereocenters. The summed E-state index contributed by atoms with van der Waals surface area (Å²) in [6, 6.07) is 15.9. The number of amides is 1. The Labute approximate surface area is 161 Å². The van der Waals surface area contributed by atoms with Gasteiger partial charge < -0.3 is 15.1 Å². The molecule has 0 aromatic heterocycles. The number of carbonyl (C=O) groups is 2. The first-order chi connectivity index (χ1) is 13.0. The molecule has 2 aromatic rings. The molecule has 5 nitrogen and oxygen atoms in total. The third kappa shape index (κ3) is 5.09. The lowest BCUT2D eigenvalue weighted by Gasteiger charge is -2.36. The van der Waals surface area contributed by atoms with Gasteiger partial charge in [-0.25, -0.2) is 0 Å². The van der Waals surface area contributed by atoms with Gasteiger partial charge in [-0.15, -0.1) is 0 Å². The molecule has 1 amide bonds. The molecule has 1 heterocycles. The lowest BCUT2D eigenvalue weighted by Crippen LogP contribution is -2.49. The van der Waals surface area contributed by atoms with Crippen molar-refractivity contribution in [3.63, 3.8) is 0 Å². The van der Waals surface area contributed by atoms with Gasteiger partial charge in [0.2, 0.25) is 5.91 Å². The van der Waals surface area contributed by atoms with Gasteiger partial charge in [0.1, 0.15) is 0 Å². The van der Waals surface area contributed by atoms with E-state index in [1.54, 1.807) is 19.1 Å². The summed E-state index contributed by atoms with van der Waals surface area (Å²) in [4.78, 5) is 28.0. The Morgan fingerprint density at radius 3 is 2.33 bits per heavy atom. The molecule has 0 atom stereocenters. The molecule has 27 heavy (non-hydrogen) atoms. The SMILES string of the molecule is CC(=O)c1ccc(NCCC(=O)N2CCN(c3cccc(C)c3)CC2)cc1. The number of carbonyl (C=O) groups excluding carboxylic acids is 2. The quantitative estimate of drug-likeness (QED) is 0.798. The van der Waals surface area contributed by atoms with Gasteiger partial charge >= 0.3 is 0 Å². The zero-order valence-corrected chi connectivity index (χ0v) is 16.1. The summed E-state index contributed by atoms with van der Waals surface area (Å²) < 4.78 is 0. The molecule has 0 spiro atoms. The maximum atomic E-state index is 12.5. The van der Waals surface area contributed by atoms with E-state index in [-0.39, 0.29) is 11.7 Å². The van der Waals surface area contributed by atoms with Crippen LogP contribution < -0.4 is 10.2 Å². The molecule has 1 aliphatic heterocycles. The Morgan fingerprint density at radius 1 is 1.00 bits per heavy atom. The monoisotopic (exact) mass is 365 g/mol. The molecule has 142 valence electrons. The number of aryl methyl sites for hydroxylation is 1. The number of anilines is 2. The van der Waals surface area contributed by atoms with Gasteiger partial charge in [0.05, 0.1) is 0 Å². The molecule has 3 rings (SSSR count). The predicted molar refractivity (Wildman–Crippen MR) is 110 cm³/mol. The first-order valence-electron chi connectivity index (χ1n) is 9.47. The molecule has 0 radical (unpaired) electrons. The van der Waals surface area contributed by atoms with Crippen molar-refractivity contribution in [2.45, 2.75) is 20.3 Å². The van der Waals surface area contributed by atoms with Crippen LogP contribution in [0.4, 0.5) is 11.4 Å². The summed E-state index contributed by atoms with van der Waals surface area (Å²) in [5.41, 5.74) is 4.12. The van der Waals surface area contributed by atoms with E-state index >= 15 is 0 Å². The van der Waals surface area contributed by atoms with Crippen molar-refractivity contribution >= 4 is 23.1 Å². The Hall–Kier alpha value is -2.82. The van der Waals surface area contributed by atoms with Gasteiger partial charge in [-0.3, -0.25) is 9.59 Å². The predicted octanol–water partition coefficient (Wildman–Crippen LogP) is 3.35. The molecule has 0 aliphatic carbocycles. The largest absolute Gasteiger partial charge is 0.385 e. The van der Waals surface area contributed by atoms with Crippen LogP contribution in [0.5, 0.6) is 0 Å². The first kappa shape index (κ1) is 19.0. The molecule has 5 heteroatoms. The fraction of sp³-hybridized carbons (Fsp3) is 0.364. The van der Waals surface area contributed by atoms with Gasteiger partial charge in [0.25, 0.3) is 0 Å². The minimum atomic E-state index is 0.0570. The number of nitrogens with one attached hydrogen (secondary N) is 1. The van der Waals surface area contributed by atoms with Crippen LogP contribution in [-0.4, -0.2) is 49.3 Å². The lowest BCUT2D eigenvalue weighted by molar-refractivity contribution is -0.131. The minimum absolute atomic E-state index is 0.0570. The number of hydrogen-bond acceptors (Lipinski definition) is 4. The summed E-state index contributed by atoms with van der Waals surface area (Å²) in [7, 11) is 0. The Morgan fingerprint density at radius 2 is 1.70 bits per heavy atom. The van der Waals surface area contributed by atoms with Crippen molar-refractivity contribution in [1.29, 1.82) is 0 Å². The van der Waals surface area contributed by atoms with Crippen LogP contribution in [0.15, 0.2) is 48.5 Å². The molecule has 1 saturated heterocycles. The van der Waals surface area contributed by atoms with E-state index in [0.717, 1.165) is 31.9 Å². The molecular formula is C22H27N3O2. The number of nitrogens with zero attached hydrogens (tertiary/aromatic N) is 2. The lowest BCUT2D eigenvalue weighted by atomic mass is 10.1. The third-order valence-electron chi connectivity index (χ3n) is 4.96. The Balaban J connectivity index is 1.42. The van der Waals surface area contributed by atoms with E-state index in [2.05, 4.69) is 41.4 Å². The van der Waals surface area contributed by atoms with Gasteiger partial charge in [0, 0.05) is 56.1 Å². The van der Waals surface area contributed by atoms with E-state index in [9.17, 15) is 9.59 Å². The Kier molecular flexibility index (Phi) is 6.12. The highest BCUT2D eigenvalue weighted by Gasteiger charge is 2.20. The van der Waals surface area contributed by atoms with Gasteiger partial charge in [-0.1, -0.05) is 12.1 Å². The maximum Gasteiger partial charge on any atom is 0.224 e. The van der Waals surface area contributed by atoms with Gasteiger partial charge in [-0.2, -0.15) is 0 Å². The minimum Gasteiger partial charge on any atom is -0.385 e. The van der Waals surface area contributed by atoms with Crippen LogP contribution in [0, 0.1) is 6.92 Å². The van der Waals surface area contributed by atoms with Crippen molar-refractivity contribution in [2.75, 3.05) is 42.9 Å². The fourth-order valence-corrected chi connectivity index (χ4v) is 3.33. The molecular weight excluding hydrogens is 338 g/mol. The van der Waals surface area contributed by atoms with E-state index < -0.39 is 0 Å². The number of hydrogen-bond donors (Lipinski definition) is 1. The zero-order chi connectivity index (χ0) is 19.2. The standard InChI is InChI=1S/C22H27N3O2/c1-17-4-3-5-21(16-17)24-12-14-25(15-13-24)22(27)10-11-23-20-8-6-19(7-9-20)18(2)26/h3-9,16,23H,10-15H2,1-2H3. The van der Waals surface area contributed by atoms with E-state index in [1.807, 2.05) is 17.0 Å². The van der Waals surface area contributed by atoms with Crippen LogP contribution in [0.25, 0.3) is 0 Å². The number of benzene rings is 2.